The highest BCUT2D eigenvalue weighted by molar-refractivity contribution is 5.84. The molecule has 7 heteroatoms. The van der Waals surface area contributed by atoms with Crippen LogP contribution >= 0.6 is 0 Å². The third-order valence-corrected chi connectivity index (χ3v) is 2.92. The second kappa shape index (κ2) is 4.22. The van der Waals surface area contributed by atoms with Crippen molar-refractivity contribution in [3.05, 3.63) is 48.3 Å². The Kier molecular flexibility index (Phi) is 2.63. The van der Waals surface area contributed by atoms with Crippen LogP contribution in [0.25, 0.3) is 16.9 Å². The highest BCUT2D eigenvalue weighted by Crippen LogP contribution is 2.38. The van der Waals surface area contributed by atoms with Crippen molar-refractivity contribution in [3.63, 3.8) is 0 Å². The highest BCUT2D eigenvalue weighted by atomic mass is 19.4. The fraction of sp³-hybridized carbons (Fsp3) is 0.0769. The Hall–Kier alpha value is -2.57. The van der Waals surface area contributed by atoms with Gasteiger partial charge in [-0.25, -0.2) is 9.50 Å². The predicted molar refractivity (Wildman–Crippen MR) is 67.8 cm³/mol. The van der Waals surface area contributed by atoms with Crippen molar-refractivity contribution >= 4 is 11.3 Å². The van der Waals surface area contributed by atoms with Crippen LogP contribution < -0.4 is 5.73 Å². The van der Waals surface area contributed by atoms with Crippen LogP contribution in [0.5, 0.6) is 0 Å². The van der Waals surface area contributed by atoms with Gasteiger partial charge in [-0.1, -0.05) is 18.2 Å². The maximum absolute atomic E-state index is 13.0. The average Bonchev–Trinajstić information content (AvgIpc) is 2.76. The summed E-state index contributed by atoms with van der Waals surface area (Å²) in [6.07, 6.45) is -1.38. The number of aromatic nitrogens is 3. The first-order valence-corrected chi connectivity index (χ1v) is 5.74. The Morgan fingerprint density at radius 3 is 2.55 bits per heavy atom. The summed E-state index contributed by atoms with van der Waals surface area (Å²) in [5.74, 6) is 0. The van der Waals surface area contributed by atoms with Gasteiger partial charge in [0.2, 0.25) is 0 Å². The average molecular weight is 278 g/mol. The third-order valence-electron chi connectivity index (χ3n) is 2.92. The van der Waals surface area contributed by atoms with Crippen LogP contribution in [0.2, 0.25) is 0 Å². The van der Waals surface area contributed by atoms with Crippen LogP contribution in [0, 0.1) is 0 Å². The van der Waals surface area contributed by atoms with E-state index in [0.717, 1.165) is 6.07 Å². The third kappa shape index (κ3) is 1.87. The number of rotatable bonds is 1. The molecule has 0 saturated heterocycles. The van der Waals surface area contributed by atoms with E-state index in [1.807, 2.05) is 0 Å². The molecule has 4 nitrogen and oxygen atoms in total. The second-order valence-electron chi connectivity index (χ2n) is 4.19. The standard InChI is InChI=1S/C13H9F3N4/c14-13(15,16)9-5-2-1-4-8(9)11-10(17)12-18-6-3-7-20(12)19-11/h1-7H,17H2. The summed E-state index contributed by atoms with van der Waals surface area (Å²) in [6.45, 7) is 0. The van der Waals surface area contributed by atoms with E-state index in [0.29, 0.717) is 5.65 Å². The summed E-state index contributed by atoms with van der Waals surface area (Å²) in [6, 6.07) is 6.82. The van der Waals surface area contributed by atoms with Crippen molar-refractivity contribution in [1.82, 2.24) is 14.6 Å². The Bertz CT molecular complexity index is 777. The molecular formula is C13H9F3N4. The summed E-state index contributed by atoms with van der Waals surface area (Å²) in [4.78, 5) is 4.01. The minimum atomic E-state index is -4.47. The van der Waals surface area contributed by atoms with E-state index in [4.69, 9.17) is 5.73 Å². The first-order valence-electron chi connectivity index (χ1n) is 5.74. The summed E-state index contributed by atoms with van der Waals surface area (Å²) in [5, 5.41) is 4.09. The van der Waals surface area contributed by atoms with Gasteiger partial charge in [-0.05, 0) is 12.1 Å². The monoisotopic (exact) mass is 278 g/mol. The van der Waals surface area contributed by atoms with E-state index in [2.05, 4.69) is 10.1 Å². The van der Waals surface area contributed by atoms with Gasteiger partial charge in [0.15, 0.2) is 5.65 Å². The van der Waals surface area contributed by atoms with Crippen molar-refractivity contribution in [1.29, 1.82) is 0 Å². The smallest absolute Gasteiger partial charge is 0.394 e. The van der Waals surface area contributed by atoms with E-state index in [-0.39, 0.29) is 16.9 Å². The van der Waals surface area contributed by atoms with E-state index >= 15 is 0 Å². The molecule has 20 heavy (non-hydrogen) atoms. The van der Waals surface area contributed by atoms with Gasteiger partial charge < -0.3 is 5.73 Å². The zero-order chi connectivity index (χ0) is 14.3. The zero-order valence-corrected chi connectivity index (χ0v) is 10.1. The molecule has 0 aliphatic rings. The topological polar surface area (TPSA) is 56.2 Å². The lowest BCUT2D eigenvalue weighted by Gasteiger charge is -2.11. The fourth-order valence-electron chi connectivity index (χ4n) is 2.04. The first-order chi connectivity index (χ1) is 9.48. The number of hydrogen-bond donors (Lipinski definition) is 1. The van der Waals surface area contributed by atoms with Gasteiger partial charge in [-0.3, -0.25) is 0 Å². The summed E-state index contributed by atoms with van der Waals surface area (Å²) in [5.41, 5.74) is 5.59. The molecule has 0 saturated carbocycles. The lowest BCUT2D eigenvalue weighted by Crippen LogP contribution is -2.07. The van der Waals surface area contributed by atoms with E-state index in [9.17, 15) is 13.2 Å². The Morgan fingerprint density at radius 2 is 1.85 bits per heavy atom. The van der Waals surface area contributed by atoms with Gasteiger partial charge in [0.05, 0.1) is 5.56 Å². The van der Waals surface area contributed by atoms with Crippen LogP contribution in [-0.4, -0.2) is 14.6 Å². The number of alkyl halides is 3. The predicted octanol–water partition coefficient (Wildman–Crippen LogP) is 3.00. The molecule has 3 rings (SSSR count). The highest BCUT2D eigenvalue weighted by Gasteiger charge is 2.34. The molecule has 0 unspecified atom stereocenters. The number of nitrogens with two attached hydrogens (primary N) is 1. The number of nitrogens with zero attached hydrogens (tertiary/aromatic N) is 3. The number of halogens is 3. The van der Waals surface area contributed by atoms with E-state index in [1.165, 1.54) is 28.9 Å². The van der Waals surface area contributed by atoms with Gasteiger partial charge in [-0.2, -0.15) is 18.3 Å². The molecule has 0 bridgehead atoms. The molecule has 0 radical (unpaired) electrons. The van der Waals surface area contributed by atoms with Crippen molar-refractivity contribution in [2.75, 3.05) is 5.73 Å². The van der Waals surface area contributed by atoms with Crippen molar-refractivity contribution in [2.24, 2.45) is 0 Å². The SMILES string of the molecule is Nc1c(-c2ccccc2C(F)(F)F)nn2cccnc12. The van der Waals surface area contributed by atoms with E-state index < -0.39 is 11.7 Å². The lowest BCUT2D eigenvalue weighted by molar-refractivity contribution is -0.137. The van der Waals surface area contributed by atoms with Crippen LogP contribution in [0.3, 0.4) is 0 Å². The van der Waals surface area contributed by atoms with Gasteiger partial charge in [0.1, 0.15) is 11.4 Å². The van der Waals surface area contributed by atoms with Crippen LogP contribution in [0.1, 0.15) is 5.56 Å². The molecule has 2 aromatic heterocycles. The molecule has 0 fully saturated rings. The number of nitrogen functional groups attached to an aromatic ring is 1. The van der Waals surface area contributed by atoms with Gasteiger partial charge >= 0.3 is 6.18 Å². The molecule has 3 aromatic rings. The Labute approximate surface area is 111 Å². The van der Waals surface area contributed by atoms with Crippen molar-refractivity contribution in [3.8, 4) is 11.3 Å². The van der Waals surface area contributed by atoms with E-state index in [1.54, 1.807) is 12.3 Å². The fourth-order valence-corrected chi connectivity index (χ4v) is 2.04. The van der Waals surface area contributed by atoms with Crippen LogP contribution in [0.15, 0.2) is 42.7 Å². The zero-order valence-electron chi connectivity index (χ0n) is 10.1. The van der Waals surface area contributed by atoms with Crippen LogP contribution in [0.4, 0.5) is 18.9 Å². The van der Waals surface area contributed by atoms with Gasteiger partial charge in [0.25, 0.3) is 0 Å². The maximum atomic E-state index is 13.0. The minimum Gasteiger partial charge on any atom is -0.394 e. The normalized spacial score (nSPS) is 11.9. The first kappa shape index (κ1) is 12.5. The number of fused-ring (bicyclic) bond motifs is 1. The lowest BCUT2D eigenvalue weighted by atomic mass is 10.0. The van der Waals surface area contributed by atoms with Crippen molar-refractivity contribution in [2.45, 2.75) is 6.18 Å². The molecule has 0 spiro atoms. The number of anilines is 1. The van der Waals surface area contributed by atoms with Crippen LogP contribution in [-0.2, 0) is 6.18 Å². The summed E-state index contributed by atoms with van der Waals surface area (Å²) < 4.78 is 40.4. The number of benzene rings is 1. The number of hydrogen-bond acceptors (Lipinski definition) is 3. The molecule has 0 amide bonds. The molecular weight excluding hydrogens is 269 g/mol. The second-order valence-corrected chi connectivity index (χ2v) is 4.19. The Morgan fingerprint density at radius 1 is 1.10 bits per heavy atom. The molecule has 0 atom stereocenters. The largest absolute Gasteiger partial charge is 0.417 e. The molecule has 1 aromatic carbocycles. The molecule has 102 valence electrons. The Balaban J connectivity index is 2.29. The molecule has 0 aliphatic carbocycles. The maximum Gasteiger partial charge on any atom is 0.417 e. The van der Waals surface area contributed by atoms with Gasteiger partial charge in [-0.15, -0.1) is 0 Å². The molecule has 2 heterocycles. The van der Waals surface area contributed by atoms with Gasteiger partial charge in [0, 0.05) is 18.0 Å². The minimum absolute atomic E-state index is 0.0528. The quantitative estimate of drug-likeness (QED) is 0.744. The molecule has 2 N–H and O–H groups in total. The summed E-state index contributed by atoms with van der Waals surface area (Å²) >= 11 is 0. The van der Waals surface area contributed by atoms with Crippen molar-refractivity contribution < 1.29 is 13.2 Å². The molecule has 0 aliphatic heterocycles. The summed E-state index contributed by atoms with van der Waals surface area (Å²) in [7, 11) is 0.